The van der Waals surface area contributed by atoms with E-state index in [1.807, 2.05) is 4.57 Å². The van der Waals surface area contributed by atoms with Crippen molar-refractivity contribution in [2.24, 2.45) is 5.41 Å². The molecular weight excluding hydrogens is 280 g/mol. The first-order chi connectivity index (χ1) is 9.20. The second-order valence-corrected chi connectivity index (χ2v) is 6.73. The van der Waals surface area contributed by atoms with Crippen molar-refractivity contribution in [3.05, 3.63) is 23.0 Å². The molecule has 2 N–H and O–H groups in total. The fraction of sp³-hybridized carbons (Fsp3) is 0.571. The van der Waals surface area contributed by atoms with Gasteiger partial charge in [0.05, 0.1) is 5.02 Å². The predicted octanol–water partition coefficient (Wildman–Crippen LogP) is 2.71. The zero-order valence-corrected chi connectivity index (χ0v) is 12.6. The summed E-state index contributed by atoms with van der Waals surface area (Å²) in [6.45, 7) is 5.33. The normalized spacial score (nSPS) is 16.8. The van der Waals surface area contributed by atoms with Crippen molar-refractivity contribution in [3.63, 3.8) is 0 Å². The Balaban J connectivity index is 2.21. The Labute approximate surface area is 122 Å². The Morgan fingerprint density at radius 2 is 2.05 bits per heavy atom. The van der Waals surface area contributed by atoms with Crippen molar-refractivity contribution in [2.75, 3.05) is 0 Å². The van der Waals surface area contributed by atoms with E-state index in [4.69, 9.17) is 11.6 Å². The summed E-state index contributed by atoms with van der Waals surface area (Å²) in [4.78, 5) is 23.6. The summed E-state index contributed by atoms with van der Waals surface area (Å²) in [7, 11) is 0. The molecule has 1 amide bonds. The number of hydrogen-bond acceptors (Lipinski definition) is 2. The minimum atomic E-state index is -1.04. The van der Waals surface area contributed by atoms with Gasteiger partial charge in [-0.15, -0.1) is 0 Å². The summed E-state index contributed by atoms with van der Waals surface area (Å²) in [6.07, 6.45) is 3.76. The summed E-state index contributed by atoms with van der Waals surface area (Å²) >= 11 is 5.95. The van der Waals surface area contributed by atoms with Gasteiger partial charge in [0.2, 0.25) is 0 Å². The van der Waals surface area contributed by atoms with Gasteiger partial charge in [-0.1, -0.05) is 32.4 Å². The van der Waals surface area contributed by atoms with Gasteiger partial charge in [-0.25, -0.2) is 4.79 Å². The number of aliphatic carboxylic acids is 1. The van der Waals surface area contributed by atoms with E-state index in [-0.39, 0.29) is 0 Å². The van der Waals surface area contributed by atoms with Crippen molar-refractivity contribution < 1.29 is 14.7 Å². The molecule has 1 aromatic rings. The van der Waals surface area contributed by atoms with Crippen LogP contribution in [0.25, 0.3) is 0 Å². The van der Waals surface area contributed by atoms with Gasteiger partial charge in [-0.3, -0.25) is 4.79 Å². The van der Waals surface area contributed by atoms with Gasteiger partial charge >= 0.3 is 5.97 Å². The first kappa shape index (κ1) is 14.9. The van der Waals surface area contributed by atoms with E-state index in [0.717, 1.165) is 12.8 Å². The molecule has 0 aliphatic heterocycles. The van der Waals surface area contributed by atoms with E-state index in [1.165, 1.54) is 0 Å². The van der Waals surface area contributed by atoms with Gasteiger partial charge in [0.1, 0.15) is 11.7 Å². The molecule has 5 nitrogen and oxygen atoms in total. The van der Waals surface area contributed by atoms with Crippen LogP contribution in [0, 0.1) is 5.41 Å². The van der Waals surface area contributed by atoms with Gasteiger partial charge in [-0.2, -0.15) is 0 Å². The number of aromatic nitrogens is 1. The highest BCUT2D eigenvalue weighted by atomic mass is 35.5. The van der Waals surface area contributed by atoms with Gasteiger partial charge in [0, 0.05) is 12.2 Å². The first-order valence-corrected chi connectivity index (χ1v) is 6.99. The number of halogens is 1. The van der Waals surface area contributed by atoms with E-state index in [1.54, 1.807) is 33.0 Å². The molecule has 110 valence electrons. The van der Waals surface area contributed by atoms with Crippen LogP contribution in [0.15, 0.2) is 12.3 Å². The lowest BCUT2D eigenvalue weighted by Gasteiger charge is -2.27. The topological polar surface area (TPSA) is 71.3 Å². The zero-order chi connectivity index (χ0) is 15.1. The van der Waals surface area contributed by atoms with E-state index in [9.17, 15) is 14.7 Å². The summed E-state index contributed by atoms with van der Waals surface area (Å²) in [5.41, 5.74) is -0.143. The smallest absolute Gasteiger partial charge is 0.326 e. The van der Waals surface area contributed by atoms with Crippen LogP contribution in [0.3, 0.4) is 0 Å². The molecule has 2 rings (SSSR count). The average Bonchev–Trinajstić information content (AvgIpc) is 3.07. The van der Waals surface area contributed by atoms with E-state index >= 15 is 0 Å². The lowest BCUT2D eigenvalue weighted by molar-refractivity contribution is -0.142. The minimum Gasteiger partial charge on any atom is -0.480 e. The second-order valence-electron chi connectivity index (χ2n) is 6.29. The number of carbonyl (C=O) groups excluding carboxylic acids is 1. The Kier molecular flexibility index (Phi) is 3.82. The molecule has 0 unspecified atom stereocenters. The lowest BCUT2D eigenvalue weighted by atomic mass is 9.86. The van der Waals surface area contributed by atoms with Gasteiger partial charge in [0.15, 0.2) is 0 Å². The fourth-order valence-electron chi connectivity index (χ4n) is 2.14. The lowest BCUT2D eigenvalue weighted by Crippen LogP contribution is -2.49. The van der Waals surface area contributed by atoms with E-state index < -0.39 is 23.3 Å². The van der Waals surface area contributed by atoms with Crippen molar-refractivity contribution in [1.29, 1.82) is 0 Å². The molecule has 0 saturated heterocycles. The molecule has 0 bridgehead atoms. The molecule has 1 atom stereocenters. The Hall–Kier alpha value is -1.49. The number of hydrogen-bond donors (Lipinski definition) is 2. The average molecular weight is 299 g/mol. The van der Waals surface area contributed by atoms with Crippen molar-refractivity contribution >= 4 is 23.5 Å². The highest BCUT2D eigenvalue weighted by Crippen LogP contribution is 2.37. The maximum Gasteiger partial charge on any atom is 0.326 e. The maximum atomic E-state index is 12.3. The molecule has 1 aliphatic rings. The van der Waals surface area contributed by atoms with Crippen LogP contribution in [0.2, 0.25) is 5.02 Å². The number of carbonyl (C=O) groups is 2. The largest absolute Gasteiger partial charge is 0.480 e. The Morgan fingerprint density at radius 3 is 2.50 bits per heavy atom. The molecule has 1 fully saturated rings. The highest BCUT2D eigenvalue weighted by molar-refractivity contribution is 6.31. The fourth-order valence-corrected chi connectivity index (χ4v) is 2.34. The number of rotatable bonds is 4. The van der Waals surface area contributed by atoms with Gasteiger partial charge in [0.25, 0.3) is 5.91 Å². The molecule has 1 saturated carbocycles. The van der Waals surface area contributed by atoms with Crippen LogP contribution < -0.4 is 5.32 Å². The number of carboxylic acid groups (broad SMARTS) is 1. The van der Waals surface area contributed by atoms with Crippen molar-refractivity contribution in [3.8, 4) is 0 Å². The Bertz CT molecular complexity index is 541. The van der Waals surface area contributed by atoms with Crippen LogP contribution in [0.5, 0.6) is 0 Å². The highest BCUT2D eigenvalue weighted by Gasteiger charge is 2.34. The number of carboxylic acids is 1. The third-order valence-electron chi connectivity index (χ3n) is 3.38. The summed E-state index contributed by atoms with van der Waals surface area (Å²) in [6, 6.07) is 0.939. The van der Waals surface area contributed by atoms with E-state index in [2.05, 4.69) is 5.32 Å². The molecule has 20 heavy (non-hydrogen) atoms. The van der Waals surface area contributed by atoms with Crippen LogP contribution in [0.4, 0.5) is 0 Å². The third kappa shape index (κ3) is 3.15. The first-order valence-electron chi connectivity index (χ1n) is 6.61. The van der Waals surface area contributed by atoms with Crippen LogP contribution in [-0.2, 0) is 4.79 Å². The second kappa shape index (κ2) is 5.13. The quantitative estimate of drug-likeness (QED) is 0.898. The minimum absolute atomic E-state index is 0.307. The maximum absolute atomic E-state index is 12.3. The van der Waals surface area contributed by atoms with Gasteiger partial charge < -0.3 is 15.0 Å². The predicted molar refractivity (Wildman–Crippen MR) is 76.1 cm³/mol. The Morgan fingerprint density at radius 1 is 1.45 bits per heavy atom. The summed E-state index contributed by atoms with van der Waals surface area (Å²) in [5, 5.41) is 12.3. The molecular formula is C14H19ClN2O3. The molecule has 0 spiro atoms. The molecule has 1 aliphatic carbocycles. The van der Waals surface area contributed by atoms with E-state index in [0.29, 0.717) is 16.8 Å². The summed E-state index contributed by atoms with van der Waals surface area (Å²) in [5.74, 6) is -1.44. The molecule has 6 heteroatoms. The van der Waals surface area contributed by atoms with Crippen LogP contribution in [0.1, 0.15) is 50.1 Å². The number of nitrogens with one attached hydrogen (secondary N) is 1. The SMILES string of the molecule is CC(C)(C)[C@@H](NC(=O)c1cc(Cl)cn1C1CC1)C(=O)O. The molecule has 0 radical (unpaired) electrons. The van der Waals surface area contributed by atoms with Crippen molar-refractivity contribution in [1.82, 2.24) is 9.88 Å². The molecule has 1 aromatic heterocycles. The summed E-state index contributed by atoms with van der Waals surface area (Å²) < 4.78 is 1.83. The molecule has 0 aromatic carbocycles. The van der Waals surface area contributed by atoms with Crippen LogP contribution in [-0.4, -0.2) is 27.6 Å². The standard InChI is InChI=1S/C14H19ClN2O3/c1-14(2,3)11(13(19)20)16-12(18)10-6-8(15)7-17(10)9-4-5-9/h6-7,9,11H,4-5H2,1-3H3,(H,16,18)(H,19,20)/t11-/m0/s1. The monoisotopic (exact) mass is 298 g/mol. The zero-order valence-electron chi connectivity index (χ0n) is 11.8. The van der Waals surface area contributed by atoms with Gasteiger partial charge in [-0.05, 0) is 24.3 Å². The third-order valence-corrected chi connectivity index (χ3v) is 3.58. The number of nitrogens with zero attached hydrogens (tertiary/aromatic N) is 1. The van der Waals surface area contributed by atoms with Crippen LogP contribution >= 0.6 is 11.6 Å². The molecule has 1 heterocycles. The van der Waals surface area contributed by atoms with Crippen molar-refractivity contribution in [2.45, 2.75) is 45.7 Å². The number of amides is 1.